The summed E-state index contributed by atoms with van der Waals surface area (Å²) in [6, 6.07) is 1.56. The Labute approximate surface area is 95.1 Å². The van der Waals surface area contributed by atoms with E-state index in [9.17, 15) is 4.79 Å². The molecule has 1 rings (SSSR count). The van der Waals surface area contributed by atoms with Crippen molar-refractivity contribution in [2.75, 3.05) is 6.54 Å². The molecule has 0 bridgehead atoms. The van der Waals surface area contributed by atoms with Gasteiger partial charge in [-0.25, -0.2) is 4.98 Å². The first kappa shape index (κ1) is 12.2. The first-order valence-electron chi connectivity index (χ1n) is 5.41. The molecule has 1 N–H and O–H groups in total. The maximum absolute atomic E-state index is 11.7. The number of unbranched alkanes of at least 4 members (excludes halogenated alkanes) is 1. The van der Waals surface area contributed by atoms with Crippen molar-refractivity contribution in [3.63, 3.8) is 0 Å². The lowest BCUT2D eigenvalue weighted by molar-refractivity contribution is -0.123. The molecule has 1 aromatic heterocycles. The topological polar surface area (TPSA) is 70.7 Å². The molecule has 1 amide bonds. The smallest absolute Gasteiger partial charge is 0.242 e. The lowest BCUT2D eigenvalue weighted by Gasteiger charge is -2.13. The summed E-state index contributed by atoms with van der Waals surface area (Å²) in [5, 5.41) is 11.6. The number of aromatic nitrogens is 2. The highest BCUT2D eigenvalue weighted by Gasteiger charge is 2.16. The van der Waals surface area contributed by atoms with Crippen LogP contribution < -0.4 is 5.32 Å². The zero-order chi connectivity index (χ0) is 12.0. The Bertz CT molecular complexity index is 391. The molecule has 5 nitrogen and oxygen atoms in total. The fourth-order valence-electron chi connectivity index (χ4n) is 1.37. The van der Waals surface area contributed by atoms with Crippen LogP contribution in [0.4, 0.5) is 0 Å². The molecule has 0 radical (unpaired) electrons. The molecule has 0 saturated carbocycles. The van der Waals surface area contributed by atoms with E-state index in [-0.39, 0.29) is 11.7 Å². The van der Waals surface area contributed by atoms with E-state index in [1.165, 1.54) is 6.20 Å². The van der Waals surface area contributed by atoms with Crippen molar-refractivity contribution in [2.24, 2.45) is 0 Å². The molecule has 5 heteroatoms. The molecule has 1 unspecified atom stereocenters. The van der Waals surface area contributed by atoms with Gasteiger partial charge in [-0.05, 0) is 13.3 Å². The van der Waals surface area contributed by atoms with Gasteiger partial charge < -0.3 is 9.88 Å². The molecule has 0 aliphatic heterocycles. The van der Waals surface area contributed by atoms with Gasteiger partial charge in [0.25, 0.3) is 0 Å². The monoisotopic (exact) mass is 220 g/mol. The quantitative estimate of drug-likeness (QED) is 0.759. The Morgan fingerprint density at radius 2 is 2.50 bits per heavy atom. The van der Waals surface area contributed by atoms with Crippen molar-refractivity contribution in [1.82, 2.24) is 14.9 Å². The second-order valence-corrected chi connectivity index (χ2v) is 3.59. The average Bonchev–Trinajstić information content (AvgIpc) is 2.76. The Morgan fingerprint density at radius 3 is 3.12 bits per heavy atom. The highest BCUT2D eigenvalue weighted by atomic mass is 16.2. The third-order valence-electron chi connectivity index (χ3n) is 2.39. The van der Waals surface area contributed by atoms with Crippen LogP contribution in [0.15, 0.2) is 12.4 Å². The van der Waals surface area contributed by atoms with Gasteiger partial charge >= 0.3 is 0 Å². The van der Waals surface area contributed by atoms with Crippen LogP contribution in [0.1, 0.15) is 38.6 Å². The van der Waals surface area contributed by atoms with E-state index in [4.69, 9.17) is 5.26 Å². The van der Waals surface area contributed by atoms with Crippen molar-refractivity contribution in [2.45, 2.75) is 32.7 Å². The molecule has 1 heterocycles. The molecule has 0 fully saturated rings. The van der Waals surface area contributed by atoms with Crippen molar-refractivity contribution < 1.29 is 4.79 Å². The van der Waals surface area contributed by atoms with E-state index < -0.39 is 6.04 Å². The van der Waals surface area contributed by atoms with Crippen LogP contribution >= 0.6 is 0 Å². The van der Waals surface area contributed by atoms with E-state index in [0.717, 1.165) is 12.8 Å². The molecular formula is C11H16N4O. The number of hydrogen-bond acceptors (Lipinski definition) is 3. The summed E-state index contributed by atoms with van der Waals surface area (Å²) in [5.41, 5.74) is 0. The number of nitrogens with one attached hydrogen (secondary N) is 1. The molecule has 0 spiro atoms. The van der Waals surface area contributed by atoms with Gasteiger partial charge in [-0.2, -0.15) is 5.26 Å². The predicted molar refractivity (Wildman–Crippen MR) is 59.6 cm³/mol. The minimum atomic E-state index is -0.394. The zero-order valence-electron chi connectivity index (χ0n) is 9.60. The van der Waals surface area contributed by atoms with Crippen LogP contribution in [0, 0.1) is 11.3 Å². The van der Waals surface area contributed by atoms with E-state index in [1.54, 1.807) is 17.7 Å². The summed E-state index contributed by atoms with van der Waals surface area (Å²) in [6.07, 6.45) is 5.17. The predicted octanol–water partition coefficient (Wildman–Crippen LogP) is 1.23. The Hall–Kier alpha value is -1.83. The number of carbonyl (C=O) groups is 1. The van der Waals surface area contributed by atoms with E-state index in [1.807, 2.05) is 6.07 Å². The van der Waals surface area contributed by atoms with Gasteiger partial charge in [0.2, 0.25) is 11.7 Å². The Balaban J connectivity index is 2.61. The summed E-state index contributed by atoms with van der Waals surface area (Å²) in [5.74, 6) is 0.182. The third kappa shape index (κ3) is 2.83. The third-order valence-corrected chi connectivity index (χ3v) is 2.39. The Kier molecular flexibility index (Phi) is 4.52. The number of carbonyl (C=O) groups excluding carboxylic acids is 1. The molecule has 0 aliphatic rings. The van der Waals surface area contributed by atoms with Crippen molar-refractivity contribution in [3.8, 4) is 6.07 Å². The number of nitrogens with zero attached hydrogens (tertiary/aromatic N) is 3. The Morgan fingerprint density at radius 1 is 1.75 bits per heavy atom. The van der Waals surface area contributed by atoms with Gasteiger partial charge in [-0.15, -0.1) is 0 Å². The molecule has 1 atom stereocenters. The number of nitriles is 1. The normalized spacial score (nSPS) is 11.8. The lowest BCUT2D eigenvalue weighted by atomic mass is 10.3. The fourth-order valence-corrected chi connectivity index (χ4v) is 1.37. The summed E-state index contributed by atoms with van der Waals surface area (Å²) >= 11 is 0. The molecule has 0 aliphatic carbocycles. The van der Waals surface area contributed by atoms with Gasteiger partial charge in [0, 0.05) is 18.9 Å². The highest BCUT2D eigenvalue weighted by Crippen LogP contribution is 2.08. The van der Waals surface area contributed by atoms with Crippen LogP contribution in [0.25, 0.3) is 0 Å². The summed E-state index contributed by atoms with van der Waals surface area (Å²) < 4.78 is 1.57. The van der Waals surface area contributed by atoms with Gasteiger partial charge in [0.1, 0.15) is 12.1 Å². The summed E-state index contributed by atoms with van der Waals surface area (Å²) in [7, 11) is 0. The first-order valence-corrected chi connectivity index (χ1v) is 5.41. The molecule has 0 saturated heterocycles. The van der Waals surface area contributed by atoms with Crippen molar-refractivity contribution in [1.29, 1.82) is 5.26 Å². The number of rotatable bonds is 5. The second-order valence-electron chi connectivity index (χ2n) is 3.59. The maximum Gasteiger partial charge on any atom is 0.242 e. The van der Waals surface area contributed by atoms with Crippen molar-refractivity contribution >= 4 is 5.91 Å². The zero-order valence-corrected chi connectivity index (χ0v) is 9.60. The van der Waals surface area contributed by atoms with Gasteiger partial charge in [-0.1, -0.05) is 13.3 Å². The summed E-state index contributed by atoms with van der Waals surface area (Å²) in [6.45, 7) is 4.50. The van der Waals surface area contributed by atoms with Crippen molar-refractivity contribution in [3.05, 3.63) is 18.2 Å². The molecule has 1 aromatic rings. The maximum atomic E-state index is 11.7. The van der Waals surface area contributed by atoms with Gasteiger partial charge in [-0.3, -0.25) is 4.79 Å². The van der Waals surface area contributed by atoms with Crippen LogP contribution in [0.5, 0.6) is 0 Å². The minimum Gasteiger partial charge on any atom is -0.354 e. The fraction of sp³-hybridized carbons (Fsp3) is 0.545. The van der Waals surface area contributed by atoms with Gasteiger partial charge in [0.05, 0.1) is 0 Å². The van der Waals surface area contributed by atoms with E-state index in [2.05, 4.69) is 17.2 Å². The number of hydrogen-bond donors (Lipinski definition) is 1. The SMILES string of the molecule is CCCCNC(=O)C(C)n1ccnc1C#N. The molecule has 16 heavy (non-hydrogen) atoms. The number of amides is 1. The van der Waals surface area contributed by atoms with Crippen LogP contribution in [-0.2, 0) is 4.79 Å². The summed E-state index contributed by atoms with van der Waals surface area (Å²) in [4.78, 5) is 15.6. The lowest BCUT2D eigenvalue weighted by Crippen LogP contribution is -2.31. The largest absolute Gasteiger partial charge is 0.354 e. The van der Waals surface area contributed by atoms with E-state index >= 15 is 0 Å². The standard InChI is InChI=1S/C11H16N4O/c1-3-4-5-14-11(16)9(2)15-7-6-13-10(15)8-12/h6-7,9H,3-5H2,1-2H3,(H,14,16). The highest BCUT2D eigenvalue weighted by molar-refractivity contribution is 5.80. The van der Waals surface area contributed by atoms with Crippen LogP contribution in [0.3, 0.4) is 0 Å². The number of imidazole rings is 1. The first-order chi connectivity index (χ1) is 7.70. The van der Waals surface area contributed by atoms with E-state index in [0.29, 0.717) is 6.54 Å². The van der Waals surface area contributed by atoms with Crippen LogP contribution in [0.2, 0.25) is 0 Å². The molecule has 0 aromatic carbocycles. The molecular weight excluding hydrogens is 204 g/mol. The molecule has 86 valence electrons. The second kappa shape index (κ2) is 5.91. The van der Waals surface area contributed by atoms with Gasteiger partial charge in [0.15, 0.2) is 0 Å². The average molecular weight is 220 g/mol. The van der Waals surface area contributed by atoms with Crippen LogP contribution in [-0.4, -0.2) is 22.0 Å². The minimum absolute atomic E-state index is 0.0806.